The van der Waals surface area contributed by atoms with E-state index in [1.807, 2.05) is 6.92 Å². The Morgan fingerprint density at radius 2 is 2.40 bits per heavy atom. The Morgan fingerprint density at radius 1 is 1.60 bits per heavy atom. The van der Waals surface area contributed by atoms with Gasteiger partial charge in [0.1, 0.15) is 0 Å². The average molecular weight is 205 g/mol. The van der Waals surface area contributed by atoms with Crippen LogP contribution < -0.4 is 5.32 Å². The van der Waals surface area contributed by atoms with E-state index in [2.05, 4.69) is 10.4 Å². The van der Waals surface area contributed by atoms with Gasteiger partial charge in [0.2, 0.25) is 0 Å². The highest BCUT2D eigenvalue weighted by Gasteiger charge is 2.12. The third-order valence-electron chi connectivity index (χ3n) is 2.03. The summed E-state index contributed by atoms with van der Waals surface area (Å²) in [6.45, 7) is 1.82. The van der Waals surface area contributed by atoms with Crippen molar-refractivity contribution < 1.29 is 9.21 Å². The maximum absolute atomic E-state index is 11.7. The van der Waals surface area contributed by atoms with E-state index in [-0.39, 0.29) is 5.91 Å². The van der Waals surface area contributed by atoms with Crippen LogP contribution in [0.2, 0.25) is 0 Å². The van der Waals surface area contributed by atoms with Crippen molar-refractivity contribution >= 4 is 11.6 Å². The third kappa shape index (κ3) is 1.90. The second-order valence-electron chi connectivity index (χ2n) is 3.29. The third-order valence-corrected chi connectivity index (χ3v) is 2.03. The Labute approximate surface area is 86.7 Å². The molecule has 0 saturated carbocycles. The number of rotatable bonds is 2. The van der Waals surface area contributed by atoms with Crippen molar-refractivity contribution in [2.75, 3.05) is 5.32 Å². The lowest BCUT2D eigenvalue weighted by molar-refractivity contribution is 0.0996. The fourth-order valence-corrected chi connectivity index (χ4v) is 1.28. The molecule has 0 aromatic carbocycles. The van der Waals surface area contributed by atoms with Gasteiger partial charge in [-0.25, -0.2) is 0 Å². The molecule has 0 aliphatic carbocycles. The van der Waals surface area contributed by atoms with Crippen LogP contribution in [0.25, 0.3) is 0 Å². The molecule has 0 fully saturated rings. The van der Waals surface area contributed by atoms with E-state index in [1.165, 1.54) is 6.26 Å². The molecule has 2 aromatic rings. The first-order chi connectivity index (χ1) is 7.16. The number of anilines is 1. The van der Waals surface area contributed by atoms with E-state index >= 15 is 0 Å². The molecule has 1 N–H and O–H groups in total. The van der Waals surface area contributed by atoms with E-state index in [9.17, 15) is 4.79 Å². The van der Waals surface area contributed by atoms with Crippen LogP contribution in [0.4, 0.5) is 5.69 Å². The molecular weight excluding hydrogens is 194 g/mol. The number of nitrogens with one attached hydrogen (secondary N) is 1. The molecule has 2 aromatic heterocycles. The Balaban J connectivity index is 2.14. The van der Waals surface area contributed by atoms with Crippen molar-refractivity contribution in [1.82, 2.24) is 9.78 Å². The van der Waals surface area contributed by atoms with Crippen molar-refractivity contribution in [3.63, 3.8) is 0 Å². The van der Waals surface area contributed by atoms with Crippen LogP contribution in [-0.4, -0.2) is 15.7 Å². The molecule has 0 aliphatic rings. The molecule has 78 valence electrons. The van der Waals surface area contributed by atoms with Gasteiger partial charge in [-0.05, 0) is 13.0 Å². The Kier molecular flexibility index (Phi) is 2.29. The molecule has 0 radical (unpaired) electrons. The number of aromatic nitrogens is 2. The number of carbonyl (C=O) groups is 1. The van der Waals surface area contributed by atoms with Crippen molar-refractivity contribution in [2.45, 2.75) is 6.92 Å². The fourth-order valence-electron chi connectivity index (χ4n) is 1.28. The van der Waals surface area contributed by atoms with Gasteiger partial charge in [0.05, 0.1) is 18.1 Å². The first kappa shape index (κ1) is 9.51. The molecule has 0 unspecified atom stereocenters. The lowest BCUT2D eigenvalue weighted by Crippen LogP contribution is -2.11. The second kappa shape index (κ2) is 3.61. The molecule has 2 heterocycles. The second-order valence-corrected chi connectivity index (χ2v) is 3.29. The SMILES string of the molecule is Cc1ccoc1C(=O)Nc1cnn(C)c1. The Hall–Kier alpha value is -2.04. The van der Waals surface area contributed by atoms with Crippen LogP contribution in [0.5, 0.6) is 0 Å². The zero-order chi connectivity index (χ0) is 10.8. The summed E-state index contributed by atoms with van der Waals surface area (Å²) in [5.41, 5.74) is 1.47. The molecular formula is C10H11N3O2. The largest absolute Gasteiger partial charge is 0.459 e. The number of aryl methyl sites for hydroxylation is 2. The van der Waals surface area contributed by atoms with Gasteiger partial charge < -0.3 is 9.73 Å². The number of amides is 1. The van der Waals surface area contributed by atoms with E-state index in [0.29, 0.717) is 11.4 Å². The molecule has 0 atom stereocenters. The van der Waals surface area contributed by atoms with Crippen LogP contribution in [0.1, 0.15) is 16.1 Å². The average Bonchev–Trinajstić information content (AvgIpc) is 2.75. The van der Waals surface area contributed by atoms with Gasteiger partial charge in [0.15, 0.2) is 5.76 Å². The van der Waals surface area contributed by atoms with Crippen molar-refractivity contribution in [2.24, 2.45) is 7.05 Å². The van der Waals surface area contributed by atoms with Crippen LogP contribution in [0, 0.1) is 6.92 Å². The van der Waals surface area contributed by atoms with Gasteiger partial charge in [0.25, 0.3) is 5.91 Å². The fraction of sp³-hybridized carbons (Fsp3) is 0.200. The smallest absolute Gasteiger partial charge is 0.291 e. The molecule has 2 rings (SSSR count). The summed E-state index contributed by atoms with van der Waals surface area (Å²) in [6.07, 6.45) is 4.79. The topological polar surface area (TPSA) is 60.1 Å². The summed E-state index contributed by atoms with van der Waals surface area (Å²) in [6, 6.07) is 1.75. The van der Waals surface area contributed by atoms with E-state index in [4.69, 9.17) is 4.42 Å². The highest BCUT2D eigenvalue weighted by molar-refractivity contribution is 6.02. The van der Waals surface area contributed by atoms with Gasteiger partial charge in [0, 0.05) is 18.8 Å². The molecule has 0 spiro atoms. The highest BCUT2D eigenvalue weighted by Crippen LogP contribution is 2.12. The lowest BCUT2D eigenvalue weighted by Gasteiger charge is -1.99. The van der Waals surface area contributed by atoms with Crippen molar-refractivity contribution in [3.8, 4) is 0 Å². The number of hydrogen-bond donors (Lipinski definition) is 1. The minimum Gasteiger partial charge on any atom is -0.459 e. The summed E-state index contributed by atoms with van der Waals surface area (Å²) < 4.78 is 6.68. The molecule has 0 bridgehead atoms. The van der Waals surface area contributed by atoms with Crippen LogP contribution in [0.3, 0.4) is 0 Å². The number of carbonyl (C=O) groups excluding carboxylic acids is 1. The highest BCUT2D eigenvalue weighted by atomic mass is 16.3. The zero-order valence-corrected chi connectivity index (χ0v) is 8.52. The summed E-state index contributed by atoms with van der Waals surface area (Å²) in [4.78, 5) is 11.7. The first-order valence-electron chi connectivity index (χ1n) is 4.51. The summed E-state index contributed by atoms with van der Waals surface area (Å²) >= 11 is 0. The minimum absolute atomic E-state index is 0.259. The maximum Gasteiger partial charge on any atom is 0.291 e. The number of hydrogen-bond acceptors (Lipinski definition) is 3. The molecule has 0 saturated heterocycles. The molecule has 0 aliphatic heterocycles. The van der Waals surface area contributed by atoms with E-state index in [1.54, 1.807) is 30.2 Å². The van der Waals surface area contributed by atoms with Crippen LogP contribution in [0.15, 0.2) is 29.1 Å². The van der Waals surface area contributed by atoms with Gasteiger partial charge in [-0.15, -0.1) is 0 Å². The standard InChI is InChI=1S/C10H11N3O2/c1-7-3-4-15-9(7)10(14)12-8-5-11-13(2)6-8/h3-6H,1-2H3,(H,12,14). The van der Waals surface area contributed by atoms with E-state index < -0.39 is 0 Å². The maximum atomic E-state index is 11.7. The molecule has 1 amide bonds. The van der Waals surface area contributed by atoms with E-state index in [0.717, 1.165) is 5.56 Å². The van der Waals surface area contributed by atoms with Gasteiger partial charge in [-0.1, -0.05) is 0 Å². The summed E-state index contributed by atoms with van der Waals surface area (Å²) in [7, 11) is 1.79. The summed E-state index contributed by atoms with van der Waals surface area (Å²) in [5, 5.41) is 6.63. The Morgan fingerprint density at radius 3 is 2.93 bits per heavy atom. The minimum atomic E-state index is -0.259. The predicted molar refractivity (Wildman–Crippen MR) is 54.6 cm³/mol. The van der Waals surface area contributed by atoms with Crippen molar-refractivity contribution in [3.05, 3.63) is 36.0 Å². The van der Waals surface area contributed by atoms with Crippen LogP contribution >= 0.6 is 0 Å². The normalized spacial score (nSPS) is 10.3. The Bertz CT molecular complexity index is 484. The quantitative estimate of drug-likeness (QED) is 0.809. The van der Waals surface area contributed by atoms with Crippen molar-refractivity contribution in [1.29, 1.82) is 0 Å². The molecule has 5 nitrogen and oxygen atoms in total. The number of furan rings is 1. The summed E-state index contributed by atoms with van der Waals surface area (Å²) in [5.74, 6) is 0.0735. The first-order valence-corrected chi connectivity index (χ1v) is 4.51. The zero-order valence-electron chi connectivity index (χ0n) is 8.52. The van der Waals surface area contributed by atoms with Crippen LogP contribution in [-0.2, 0) is 7.05 Å². The lowest BCUT2D eigenvalue weighted by atomic mass is 10.2. The molecule has 5 heteroatoms. The number of nitrogens with zero attached hydrogens (tertiary/aromatic N) is 2. The van der Waals surface area contributed by atoms with Gasteiger partial charge >= 0.3 is 0 Å². The van der Waals surface area contributed by atoms with Gasteiger partial charge in [-0.2, -0.15) is 5.10 Å². The monoisotopic (exact) mass is 205 g/mol. The van der Waals surface area contributed by atoms with Gasteiger partial charge in [-0.3, -0.25) is 9.48 Å². The predicted octanol–water partition coefficient (Wildman–Crippen LogP) is 1.57. The molecule has 15 heavy (non-hydrogen) atoms.